The summed E-state index contributed by atoms with van der Waals surface area (Å²) in [5, 5.41) is 24.8. The highest BCUT2D eigenvalue weighted by molar-refractivity contribution is 7.99. The summed E-state index contributed by atoms with van der Waals surface area (Å²) in [6.45, 7) is 3.77. The first kappa shape index (κ1) is 24.2. The smallest absolute Gasteiger partial charge is 0.283 e. The Morgan fingerprint density at radius 2 is 2.26 bits per heavy atom. The first-order valence-corrected chi connectivity index (χ1v) is 12.2. The van der Waals surface area contributed by atoms with E-state index in [0.29, 0.717) is 15.6 Å². The molecular weight excluding hydrogens is 488 g/mol. The first-order valence-electron chi connectivity index (χ1n) is 10.5. The molecule has 0 atom stereocenters. The largest absolute Gasteiger partial charge is 0.349 e. The molecule has 10 nitrogen and oxygen atoms in total. The van der Waals surface area contributed by atoms with Crippen LogP contribution in [0.25, 0.3) is 11.6 Å². The molecule has 1 aliphatic rings. The number of rotatable bonds is 8. The molecule has 2 heterocycles. The van der Waals surface area contributed by atoms with E-state index in [4.69, 9.17) is 0 Å². The average Bonchev–Trinajstić information content (AvgIpc) is 3.48. The van der Waals surface area contributed by atoms with Gasteiger partial charge in [-0.2, -0.15) is 5.26 Å². The maximum atomic E-state index is 13.1. The number of benzene rings is 1. The molecule has 1 N–H and O–H groups in total. The summed E-state index contributed by atoms with van der Waals surface area (Å²) in [5.74, 6) is -0.521. The molecule has 1 saturated carbocycles. The topological polar surface area (TPSA) is 136 Å². The maximum Gasteiger partial charge on any atom is 0.283 e. The number of nitrogens with zero attached hydrogens (tertiary/aromatic N) is 5. The number of aryl methyl sites for hydroxylation is 1. The molecule has 4 rings (SSSR count). The van der Waals surface area contributed by atoms with E-state index in [1.807, 2.05) is 6.07 Å². The monoisotopic (exact) mass is 508 g/mol. The fourth-order valence-corrected chi connectivity index (χ4v) is 5.23. The van der Waals surface area contributed by atoms with Crippen molar-refractivity contribution in [2.45, 2.75) is 35.5 Å². The van der Waals surface area contributed by atoms with Crippen molar-refractivity contribution < 1.29 is 9.72 Å². The molecule has 3 aromatic rings. The van der Waals surface area contributed by atoms with Gasteiger partial charge >= 0.3 is 0 Å². The number of aromatic nitrogens is 3. The minimum Gasteiger partial charge on any atom is -0.349 e. The molecular formula is C23H20N6O4S2. The third kappa shape index (κ3) is 5.26. The van der Waals surface area contributed by atoms with E-state index in [-0.39, 0.29) is 33.0 Å². The molecule has 1 aliphatic carbocycles. The molecule has 0 radical (unpaired) electrons. The van der Waals surface area contributed by atoms with Crippen molar-refractivity contribution in [3.63, 3.8) is 0 Å². The van der Waals surface area contributed by atoms with Crippen molar-refractivity contribution in [2.75, 3.05) is 0 Å². The number of nitrogens with one attached hydrogen (secondary N) is 1. The molecule has 0 spiro atoms. The second kappa shape index (κ2) is 10.1. The van der Waals surface area contributed by atoms with Crippen LogP contribution in [0, 0.1) is 21.4 Å². The number of nitro groups is 1. The number of hydrogen-bond donors (Lipinski definition) is 1. The number of imidazole rings is 1. The van der Waals surface area contributed by atoms with E-state index >= 15 is 0 Å². The highest BCUT2D eigenvalue weighted by atomic mass is 32.2. The number of carbonyl (C=O) groups excluding carboxylic acids is 1. The van der Waals surface area contributed by atoms with Crippen LogP contribution >= 0.6 is 23.1 Å². The predicted octanol–water partition coefficient (Wildman–Crippen LogP) is 1.67. The zero-order chi connectivity index (χ0) is 25.1. The summed E-state index contributed by atoms with van der Waals surface area (Å²) >= 11 is 2.16. The predicted molar refractivity (Wildman–Crippen MR) is 132 cm³/mol. The van der Waals surface area contributed by atoms with Gasteiger partial charge in [0.05, 0.1) is 14.4 Å². The Hall–Kier alpha value is -3.95. The van der Waals surface area contributed by atoms with Crippen molar-refractivity contribution in [1.82, 2.24) is 19.4 Å². The van der Waals surface area contributed by atoms with Crippen LogP contribution in [-0.4, -0.2) is 31.0 Å². The van der Waals surface area contributed by atoms with Gasteiger partial charge in [0.2, 0.25) is 0 Å². The standard InChI is InChI=1S/C23H20N6O4S2/c1-3-9-28-21(31)19(34-22(28)16(13-24)20(30)26-15-5-6-15)12-14-4-7-18(17(11-14)29(32)33)35-23-25-8-10-27(23)2/h3-4,7-8,10-12,15H,1,5-6,9H2,2H3,(H,26,30). The second-order valence-electron chi connectivity index (χ2n) is 7.76. The Morgan fingerprint density at radius 1 is 1.49 bits per heavy atom. The van der Waals surface area contributed by atoms with Crippen LogP contribution in [0.15, 0.2) is 58.1 Å². The van der Waals surface area contributed by atoms with E-state index < -0.39 is 16.4 Å². The van der Waals surface area contributed by atoms with E-state index in [2.05, 4.69) is 16.9 Å². The number of amides is 1. The van der Waals surface area contributed by atoms with Crippen molar-refractivity contribution in [3.8, 4) is 6.07 Å². The molecule has 1 fully saturated rings. The molecule has 0 aliphatic heterocycles. The summed E-state index contributed by atoms with van der Waals surface area (Å²) in [7, 11) is 1.80. The maximum absolute atomic E-state index is 13.1. The quantitative estimate of drug-likeness (QED) is 0.278. The first-order chi connectivity index (χ1) is 16.8. The van der Waals surface area contributed by atoms with Crippen LogP contribution in [-0.2, 0) is 18.4 Å². The van der Waals surface area contributed by atoms with Crippen molar-refractivity contribution in [3.05, 3.63) is 78.5 Å². The van der Waals surface area contributed by atoms with Crippen molar-refractivity contribution >= 4 is 46.3 Å². The Morgan fingerprint density at radius 3 is 2.86 bits per heavy atom. The highest BCUT2D eigenvalue weighted by Gasteiger charge is 2.26. The summed E-state index contributed by atoms with van der Waals surface area (Å²) in [6.07, 6.45) is 8.10. The fraction of sp³-hybridized carbons (Fsp3) is 0.217. The molecule has 1 amide bonds. The second-order valence-corrected chi connectivity index (χ2v) is 9.80. The van der Waals surface area contributed by atoms with Crippen LogP contribution in [0.1, 0.15) is 18.4 Å². The molecule has 178 valence electrons. The zero-order valence-corrected chi connectivity index (χ0v) is 20.3. The Balaban J connectivity index is 1.81. The van der Waals surface area contributed by atoms with Gasteiger partial charge in [-0.15, -0.1) is 17.9 Å². The molecule has 1 aromatic carbocycles. The lowest BCUT2D eigenvalue weighted by atomic mass is 10.2. The SMILES string of the molecule is C=CCn1c(=C(C#N)C(=O)NC2CC2)sc(=Cc2ccc(Sc3nccn3C)c([N+](=O)[O-])c2)c1=O. The van der Waals surface area contributed by atoms with Crippen molar-refractivity contribution in [1.29, 1.82) is 5.26 Å². The lowest BCUT2D eigenvalue weighted by molar-refractivity contribution is -0.387. The summed E-state index contributed by atoms with van der Waals surface area (Å²) in [5.41, 5.74) is -0.236. The molecule has 0 bridgehead atoms. The minimum absolute atomic E-state index is 0.0547. The lowest BCUT2D eigenvalue weighted by Gasteiger charge is -2.04. The zero-order valence-electron chi connectivity index (χ0n) is 18.6. The molecule has 2 aromatic heterocycles. The van der Waals surface area contributed by atoms with Crippen LogP contribution in [0.4, 0.5) is 5.69 Å². The van der Waals surface area contributed by atoms with Gasteiger partial charge < -0.3 is 9.88 Å². The van der Waals surface area contributed by atoms with Gasteiger partial charge in [0.1, 0.15) is 10.7 Å². The van der Waals surface area contributed by atoms with Gasteiger partial charge in [-0.3, -0.25) is 24.3 Å². The van der Waals surface area contributed by atoms with Gasteiger partial charge in [0.15, 0.2) is 10.7 Å². The van der Waals surface area contributed by atoms with Gasteiger partial charge in [-0.05, 0) is 42.3 Å². The normalized spacial score (nSPS) is 14.3. The van der Waals surface area contributed by atoms with E-state index in [9.17, 15) is 25.0 Å². The average molecular weight is 509 g/mol. The Bertz CT molecular complexity index is 1560. The third-order valence-corrected chi connectivity index (χ3v) is 7.41. The number of nitriles is 1. The van der Waals surface area contributed by atoms with Gasteiger partial charge in [0.25, 0.3) is 17.2 Å². The van der Waals surface area contributed by atoms with E-state index in [1.54, 1.807) is 36.1 Å². The van der Waals surface area contributed by atoms with Gasteiger partial charge in [0, 0.05) is 38.1 Å². The summed E-state index contributed by atoms with van der Waals surface area (Å²) < 4.78 is 3.53. The molecule has 35 heavy (non-hydrogen) atoms. The number of thiazole rings is 1. The third-order valence-electron chi connectivity index (χ3n) is 5.14. The van der Waals surface area contributed by atoms with E-state index in [1.165, 1.54) is 34.5 Å². The van der Waals surface area contributed by atoms with E-state index in [0.717, 1.165) is 24.2 Å². The number of allylic oxidation sites excluding steroid dienone is 1. The van der Waals surface area contributed by atoms with Crippen LogP contribution in [0.5, 0.6) is 0 Å². The Labute approximate surface area is 207 Å². The van der Waals surface area contributed by atoms with Crippen LogP contribution in [0.3, 0.4) is 0 Å². The number of nitro benzene ring substituents is 1. The van der Waals surface area contributed by atoms with Crippen LogP contribution in [0.2, 0.25) is 0 Å². The molecule has 12 heteroatoms. The van der Waals surface area contributed by atoms with Crippen molar-refractivity contribution in [2.24, 2.45) is 7.05 Å². The minimum atomic E-state index is -0.521. The number of hydrogen-bond acceptors (Lipinski definition) is 8. The highest BCUT2D eigenvalue weighted by Crippen LogP contribution is 2.34. The lowest BCUT2D eigenvalue weighted by Crippen LogP contribution is -2.35. The summed E-state index contributed by atoms with van der Waals surface area (Å²) in [4.78, 5) is 41.5. The van der Waals surface area contributed by atoms with Crippen LogP contribution < -0.4 is 20.1 Å². The van der Waals surface area contributed by atoms with Gasteiger partial charge in [-0.25, -0.2) is 4.98 Å². The van der Waals surface area contributed by atoms with Gasteiger partial charge in [-0.1, -0.05) is 12.1 Å². The Kier molecular flexibility index (Phi) is 6.99. The number of carbonyl (C=O) groups is 1. The molecule has 0 saturated heterocycles. The fourth-order valence-electron chi connectivity index (χ4n) is 3.23. The molecule has 0 unspecified atom stereocenters. The summed E-state index contributed by atoms with van der Waals surface area (Å²) in [6, 6.07) is 6.64.